The number of azo groups is 2. The number of para-hydroxylation sites is 1. The molecule has 15 heteroatoms. The second kappa shape index (κ2) is 13.0. The van der Waals surface area contributed by atoms with E-state index in [-0.39, 0.29) is 27.4 Å². The summed E-state index contributed by atoms with van der Waals surface area (Å²) in [6.45, 7) is 1.69. The van der Waals surface area contributed by atoms with Crippen molar-refractivity contribution in [2.75, 3.05) is 12.4 Å². The number of hydrogen-bond acceptors (Lipinski definition) is 11. The maximum absolute atomic E-state index is 12.4. The predicted octanol–water partition coefficient (Wildman–Crippen LogP) is 9.08. The second-order valence-electron chi connectivity index (χ2n) is 10.8. The SMILES string of the molecule is COc1cc(N=Nc2cc(S(=O)(=O)O)cc3ccccc23)c(C)cc1N=Nc1c(S(=O)(=O)O)cc2cc(Nc3ccccc3)ccc2c1O. The third-order valence-electron chi connectivity index (χ3n) is 7.52. The first-order valence-corrected chi connectivity index (χ1v) is 17.3. The minimum absolute atomic E-state index is 0.140. The van der Waals surface area contributed by atoms with Crippen molar-refractivity contribution < 1.29 is 35.8 Å². The summed E-state index contributed by atoms with van der Waals surface area (Å²) in [4.78, 5) is -0.991. The molecule has 0 amide bonds. The third-order valence-corrected chi connectivity index (χ3v) is 9.22. The molecular weight excluding hydrogens is 671 g/mol. The lowest BCUT2D eigenvalue weighted by Crippen LogP contribution is -1.99. The van der Waals surface area contributed by atoms with E-state index in [4.69, 9.17) is 4.74 Å². The monoisotopic (exact) mass is 697 g/mol. The molecule has 0 bridgehead atoms. The lowest BCUT2D eigenvalue weighted by Gasteiger charge is -2.12. The van der Waals surface area contributed by atoms with Crippen molar-refractivity contribution in [3.05, 3.63) is 109 Å². The molecule has 6 rings (SSSR count). The van der Waals surface area contributed by atoms with E-state index < -0.39 is 36.6 Å². The van der Waals surface area contributed by atoms with Gasteiger partial charge < -0.3 is 15.2 Å². The summed E-state index contributed by atoms with van der Waals surface area (Å²) >= 11 is 0. The smallest absolute Gasteiger partial charge is 0.296 e. The Balaban J connectivity index is 1.37. The van der Waals surface area contributed by atoms with Gasteiger partial charge in [0.25, 0.3) is 20.2 Å². The number of phenolic OH excluding ortho intramolecular Hbond substituents is 1. The van der Waals surface area contributed by atoms with Gasteiger partial charge in [-0.2, -0.15) is 21.9 Å². The van der Waals surface area contributed by atoms with Crippen LogP contribution in [0.15, 0.2) is 133 Å². The van der Waals surface area contributed by atoms with Gasteiger partial charge in [-0.15, -0.1) is 15.3 Å². The van der Waals surface area contributed by atoms with Crippen molar-refractivity contribution in [3.63, 3.8) is 0 Å². The number of nitrogens with one attached hydrogen (secondary N) is 1. The van der Waals surface area contributed by atoms with E-state index in [0.717, 1.165) is 5.69 Å². The Hall–Kier alpha value is -5.74. The molecule has 0 spiro atoms. The number of phenols is 1. The van der Waals surface area contributed by atoms with E-state index in [1.165, 1.54) is 37.4 Å². The Kier molecular flexibility index (Phi) is 8.83. The van der Waals surface area contributed by atoms with Gasteiger partial charge in [0.2, 0.25) is 0 Å². The van der Waals surface area contributed by atoms with Crippen molar-refractivity contribution in [2.45, 2.75) is 16.7 Å². The third kappa shape index (κ3) is 7.09. The van der Waals surface area contributed by atoms with Crippen LogP contribution < -0.4 is 10.1 Å². The van der Waals surface area contributed by atoms with Gasteiger partial charge in [0.05, 0.1) is 23.4 Å². The van der Waals surface area contributed by atoms with E-state index in [0.29, 0.717) is 33.1 Å². The number of aromatic hydroxyl groups is 1. The van der Waals surface area contributed by atoms with Crippen LogP contribution in [0.3, 0.4) is 0 Å². The number of nitrogens with zero attached hydrogens (tertiary/aromatic N) is 4. The highest BCUT2D eigenvalue weighted by Crippen LogP contribution is 2.44. The number of fused-ring (bicyclic) bond motifs is 2. The molecule has 248 valence electrons. The van der Waals surface area contributed by atoms with E-state index in [1.54, 1.807) is 49.4 Å². The topological polar surface area (TPSA) is 200 Å². The van der Waals surface area contributed by atoms with Gasteiger partial charge in [-0.25, -0.2) is 0 Å². The normalized spacial score (nSPS) is 12.3. The minimum Gasteiger partial charge on any atom is -0.505 e. The van der Waals surface area contributed by atoms with E-state index in [9.17, 15) is 31.0 Å². The standard InChI is InChI=1S/C34H27N5O8S2/c1-20-14-30(31(47-2)19-28(20)36-37-29-18-25(48(41,42)43)16-21-8-6-7-11-26(21)29)38-39-33-32(49(44,45)46)17-22-15-24(12-13-27(22)34(33)40)35-23-9-4-3-5-10-23/h3-19,35,40H,1-2H3,(H,41,42,43)(H,44,45,46). The molecule has 0 saturated carbocycles. The molecule has 0 aliphatic heterocycles. The van der Waals surface area contributed by atoms with Crippen molar-refractivity contribution in [1.82, 2.24) is 0 Å². The number of aryl methyl sites for hydroxylation is 1. The lowest BCUT2D eigenvalue weighted by molar-refractivity contribution is 0.416. The van der Waals surface area contributed by atoms with Gasteiger partial charge in [-0.05, 0) is 77.9 Å². The van der Waals surface area contributed by atoms with Crippen LogP contribution in [0, 0.1) is 6.92 Å². The van der Waals surface area contributed by atoms with Gasteiger partial charge in [-0.3, -0.25) is 9.11 Å². The molecular formula is C34H27N5O8S2. The number of benzene rings is 6. The van der Waals surface area contributed by atoms with E-state index in [2.05, 4.69) is 25.8 Å². The fourth-order valence-electron chi connectivity index (χ4n) is 5.13. The largest absolute Gasteiger partial charge is 0.505 e. The molecule has 49 heavy (non-hydrogen) atoms. The highest BCUT2D eigenvalue weighted by Gasteiger charge is 2.23. The Morgan fingerprint density at radius 3 is 2.04 bits per heavy atom. The molecule has 6 aromatic rings. The molecule has 0 aliphatic carbocycles. The molecule has 0 unspecified atom stereocenters. The van der Waals surface area contributed by atoms with Crippen LogP contribution in [0.5, 0.6) is 11.5 Å². The summed E-state index contributed by atoms with van der Waals surface area (Å²) in [6, 6.07) is 27.8. The van der Waals surface area contributed by atoms with Gasteiger partial charge >= 0.3 is 0 Å². The molecule has 0 fully saturated rings. The number of rotatable bonds is 9. The number of hydrogen-bond donors (Lipinski definition) is 4. The number of methoxy groups -OCH3 is 1. The zero-order chi connectivity index (χ0) is 34.9. The Morgan fingerprint density at radius 1 is 0.633 bits per heavy atom. The molecule has 0 radical (unpaired) electrons. The van der Waals surface area contributed by atoms with Crippen molar-refractivity contribution >= 4 is 75.9 Å². The summed E-state index contributed by atoms with van der Waals surface area (Å²) in [5.74, 6) is -0.356. The molecule has 13 nitrogen and oxygen atoms in total. The van der Waals surface area contributed by atoms with Gasteiger partial charge in [0.1, 0.15) is 22.0 Å². The zero-order valence-corrected chi connectivity index (χ0v) is 27.4. The fraction of sp³-hybridized carbons (Fsp3) is 0.0588. The van der Waals surface area contributed by atoms with Crippen molar-refractivity contribution in [3.8, 4) is 11.5 Å². The molecule has 0 atom stereocenters. The maximum Gasteiger partial charge on any atom is 0.296 e. The first-order chi connectivity index (χ1) is 23.3. The maximum atomic E-state index is 12.4. The summed E-state index contributed by atoms with van der Waals surface area (Å²) in [6.07, 6.45) is 0. The summed E-state index contributed by atoms with van der Waals surface area (Å²) < 4.78 is 73.8. The highest BCUT2D eigenvalue weighted by molar-refractivity contribution is 7.86. The summed E-state index contributed by atoms with van der Waals surface area (Å²) in [5.41, 5.74) is 2.12. The Bertz CT molecular complexity index is 2540. The number of anilines is 2. The summed E-state index contributed by atoms with van der Waals surface area (Å²) in [5, 5.41) is 32.8. The number of ether oxygens (including phenoxy) is 1. The first-order valence-electron chi connectivity index (χ1n) is 14.4. The van der Waals surface area contributed by atoms with Crippen LogP contribution in [0.2, 0.25) is 0 Å². The molecule has 0 saturated heterocycles. The Labute approximate surface area is 280 Å². The molecule has 4 N–H and O–H groups in total. The van der Waals surface area contributed by atoms with Gasteiger partial charge in [-0.1, -0.05) is 42.5 Å². The molecule has 0 heterocycles. The molecule has 0 aliphatic rings. The van der Waals surface area contributed by atoms with Crippen LogP contribution in [0.1, 0.15) is 5.56 Å². The van der Waals surface area contributed by atoms with Crippen LogP contribution in [-0.2, 0) is 20.2 Å². The lowest BCUT2D eigenvalue weighted by atomic mass is 10.1. The Morgan fingerprint density at radius 2 is 1.33 bits per heavy atom. The van der Waals surface area contributed by atoms with E-state index >= 15 is 0 Å². The van der Waals surface area contributed by atoms with E-state index in [1.807, 2.05) is 30.3 Å². The van der Waals surface area contributed by atoms with Crippen molar-refractivity contribution in [1.29, 1.82) is 0 Å². The van der Waals surface area contributed by atoms with Gasteiger partial charge in [0.15, 0.2) is 5.75 Å². The van der Waals surface area contributed by atoms with Crippen LogP contribution in [-0.4, -0.2) is 38.2 Å². The van der Waals surface area contributed by atoms with Crippen LogP contribution in [0.25, 0.3) is 21.5 Å². The van der Waals surface area contributed by atoms with Gasteiger partial charge in [0, 0.05) is 28.2 Å². The van der Waals surface area contributed by atoms with Crippen LogP contribution in [0.4, 0.5) is 34.1 Å². The molecule has 0 aromatic heterocycles. The van der Waals surface area contributed by atoms with Crippen molar-refractivity contribution in [2.24, 2.45) is 20.5 Å². The van der Waals surface area contributed by atoms with Crippen LogP contribution >= 0.6 is 0 Å². The fourth-order valence-corrected chi connectivity index (χ4v) is 6.32. The predicted molar refractivity (Wildman–Crippen MR) is 185 cm³/mol. The summed E-state index contributed by atoms with van der Waals surface area (Å²) in [7, 11) is -8.01. The average Bonchev–Trinajstić information content (AvgIpc) is 3.06. The first kappa shape index (κ1) is 33.2. The average molecular weight is 698 g/mol. The minimum atomic E-state index is -4.86. The zero-order valence-electron chi connectivity index (χ0n) is 25.8. The highest BCUT2D eigenvalue weighted by atomic mass is 32.2. The quantitative estimate of drug-likeness (QED) is 0.0840. The molecule has 6 aromatic carbocycles. The second-order valence-corrected chi connectivity index (χ2v) is 13.6.